The average molecular weight is 1490 g/mol. The molecule has 0 saturated carbocycles. The number of nitrogens with zero attached hydrogens (tertiary/aromatic N) is 3. The van der Waals surface area contributed by atoms with Gasteiger partial charge in [-0.2, -0.15) is 0 Å². The molecule has 24 rings (SSSR count). The van der Waals surface area contributed by atoms with E-state index < -0.39 is 0 Å². The minimum absolute atomic E-state index is 1.18. The highest BCUT2D eigenvalue weighted by Gasteiger charge is 2.20. The van der Waals surface area contributed by atoms with Crippen molar-refractivity contribution in [3.05, 3.63) is 455 Å². The van der Waals surface area contributed by atoms with Gasteiger partial charge in [-0.3, -0.25) is 0 Å². The fourth-order valence-corrected chi connectivity index (χ4v) is 18.2. The molecule has 117 heavy (non-hydrogen) atoms. The van der Waals surface area contributed by atoms with E-state index in [9.17, 15) is 0 Å². The molecule has 0 atom stereocenters. The van der Waals surface area contributed by atoms with Crippen LogP contribution < -0.4 is 0 Å². The second-order valence-electron chi connectivity index (χ2n) is 30.7. The van der Waals surface area contributed by atoms with E-state index in [1.54, 1.807) is 0 Å². The third-order valence-electron chi connectivity index (χ3n) is 23.8. The van der Waals surface area contributed by atoms with Crippen LogP contribution in [0, 0.1) is 0 Å². The predicted octanol–water partition coefficient (Wildman–Crippen LogP) is 31.3. The van der Waals surface area contributed by atoms with Crippen molar-refractivity contribution in [3.8, 4) is 83.8 Å². The number of hydrogen-bond donors (Lipinski definition) is 0. The molecule has 24 aromatic rings. The first kappa shape index (κ1) is 68.4. The zero-order valence-electron chi connectivity index (χ0n) is 64.1. The van der Waals surface area contributed by atoms with Crippen LogP contribution >= 0.6 is 0 Å². The largest absolute Gasteiger partial charge is 0.309 e. The Morgan fingerprint density at radius 2 is 0.342 bits per heavy atom. The van der Waals surface area contributed by atoms with Crippen molar-refractivity contribution in [2.45, 2.75) is 0 Å². The number of rotatable bonds is 9. The molecule has 0 saturated heterocycles. The molecule has 0 N–H and O–H groups in total. The molecule has 546 valence electrons. The van der Waals surface area contributed by atoms with Crippen LogP contribution in [0.3, 0.4) is 0 Å². The van der Waals surface area contributed by atoms with Crippen LogP contribution in [-0.2, 0) is 0 Å². The van der Waals surface area contributed by atoms with E-state index in [0.29, 0.717) is 0 Å². The Bertz CT molecular complexity index is 7960. The standard InChI is InChI=1S/3C38H25N/c1-3-9-26(10-4-1)29-18-15-27-16-19-30(24-32(27)23-29)31-20-17-28-21-22-37-38(35(28)25-31)34-13-7-8-14-36(34)39(37)33-11-5-2-6-12-33;1-3-9-26(10-4-1)27-15-16-29-24-30(18-17-28(29)23-27)31-19-21-34-32(25-31)20-22-37-38(34)35-13-7-8-14-36(35)39(37)33-11-5-2-6-12-33;1-3-9-26(10-4-1)28-17-18-30-24-31(20-19-29(30)23-28)32-16-15-27-21-22-37-38(35(27)25-32)34-13-7-8-14-36(34)39(37)33-11-5-2-6-12-33/h3*1-25H. The summed E-state index contributed by atoms with van der Waals surface area (Å²) >= 11 is 0. The topological polar surface area (TPSA) is 14.8 Å². The second-order valence-corrected chi connectivity index (χ2v) is 30.7. The fourth-order valence-electron chi connectivity index (χ4n) is 18.2. The molecule has 3 heteroatoms. The highest BCUT2D eigenvalue weighted by molar-refractivity contribution is 6.25. The van der Waals surface area contributed by atoms with Crippen LogP contribution in [0.5, 0.6) is 0 Å². The van der Waals surface area contributed by atoms with Crippen LogP contribution in [0.2, 0.25) is 0 Å². The summed E-state index contributed by atoms with van der Waals surface area (Å²) in [6, 6.07) is 165. The third kappa shape index (κ3) is 12.3. The molecule has 3 aromatic heterocycles. The second kappa shape index (κ2) is 29.0. The highest BCUT2D eigenvalue weighted by atomic mass is 15.0. The lowest BCUT2D eigenvalue weighted by Crippen LogP contribution is -1.92. The van der Waals surface area contributed by atoms with Crippen LogP contribution in [0.25, 0.3) is 214 Å². The first-order valence-electron chi connectivity index (χ1n) is 40.3. The van der Waals surface area contributed by atoms with Crippen molar-refractivity contribution in [2.24, 2.45) is 0 Å². The Hall–Kier alpha value is -15.4. The molecule has 0 aliphatic rings. The smallest absolute Gasteiger partial charge is 0.0547 e. The lowest BCUT2D eigenvalue weighted by atomic mass is 9.95. The van der Waals surface area contributed by atoms with Crippen LogP contribution in [0.4, 0.5) is 0 Å². The number of fused-ring (bicyclic) bond motifs is 18. The molecule has 0 aliphatic heterocycles. The van der Waals surface area contributed by atoms with Gasteiger partial charge in [-0.25, -0.2) is 0 Å². The summed E-state index contributed by atoms with van der Waals surface area (Å²) in [6.45, 7) is 0. The summed E-state index contributed by atoms with van der Waals surface area (Å²) in [4.78, 5) is 0. The molecule has 0 aliphatic carbocycles. The molecule has 0 amide bonds. The van der Waals surface area contributed by atoms with Gasteiger partial charge < -0.3 is 13.7 Å². The summed E-state index contributed by atoms with van der Waals surface area (Å²) < 4.78 is 7.15. The molecule has 0 spiro atoms. The van der Waals surface area contributed by atoms with E-state index in [1.165, 1.54) is 214 Å². The van der Waals surface area contributed by atoms with Crippen molar-refractivity contribution in [1.82, 2.24) is 13.7 Å². The maximum atomic E-state index is 2.39. The van der Waals surface area contributed by atoms with Crippen LogP contribution in [0.15, 0.2) is 455 Å². The SMILES string of the molecule is c1ccc(-c2ccc3cc(-c4ccc5c(ccc6c5c5ccccc5n6-c5ccccc5)c4)ccc3c2)cc1.c1ccc(-c2ccc3cc(-c4ccc5ccc6c(c5c4)c4ccccc4n6-c4ccccc4)ccc3c2)cc1.c1ccc(-c2ccc3ccc(-c4ccc5ccc6c(c5c4)c4ccccc4n6-c4ccccc4)cc3c2)cc1. The normalized spacial score (nSPS) is 11.6. The van der Waals surface area contributed by atoms with Gasteiger partial charge in [-0.05, 0) is 259 Å². The maximum absolute atomic E-state index is 2.39. The molecule has 0 radical (unpaired) electrons. The number of benzene rings is 21. The fraction of sp³-hybridized carbons (Fsp3) is 0. The van der Waals surface area contributed by atoms with E-state index in [0.717, 1.165) is 0 Å². The highest BCUT2D eigenvalue weighted by Crippen LogP contribution is 2.44. The minimum Gasteiger partial charge on any atom is -0.309 e. The Kier molecular flexibility index (Phi) is 16.9. The molecule has 3 nitrogen and oxygen atoms in total. The molecule has 0 unspecified atom stereocenters. The summed E-state index contributed by atoms with van der Waals surface area (Å²) in [5.74, 6) is 0. The number of aromatic nitrogens is 3. The molecular weight excluding hydrogens is 1410 g/mol. The van der Waals surface area contributed by atoms with Crippen molar-refractivity contribution < 1.29 is 0 Å². The zero-order valence-corrected chi connectivity index (χ0v) is 64.1. The van der Waals surface area contributed by atoms with Gasteiger partial charge in [0.1, 0.15) is 0 Å². The van der Waals surface area contributed by atoms with Crippen molar-refractivity contribution in [2.75, 3.05) is 0 Å². The van der Waals surface area contributed by atoms with Crippen molar-refractivity contribution in [1.29, 1.82) is 0 Å². The van der Waals surface area contributed by atoms with Gasteiger partial charge in [0.05, 0.1) is 33.1 Å². The Labute approximate surface area is 678 Å². The number of hydrogen-bond acceptors (Lipinski definition) is 0. The van der Waals surface area contributed by atoms with Gasteiger partial charge in [-0.1, -0.05) is 328 Å². The van der Waals surface area contributed by atoms with Gasteiger partial charge >= 0.3 is 0 Å². The Balaban J connectivity index is 0.000000106. The minimum atomic E-state index is 1.18. The number of para-hydroxylation sites is 6. The molecule has 3 heterocycles. The van der Waals surface area contributed by atoms with E-state index in [-0.39, 0.29) is 0 Å². The lowest BCUT2D eigenvalue weighted by Gasteiger charge is -2.10. The molecule has 0 fully saturated rings. The van der Waals surface area contributed by atoms with Crippen molar-refractivity contribution in [3.63, 3.8) is 0 Å². The first-order chi connectivity index (χ1) is 58.0. The molecular formula is C114H75N3. The Morgan fingerprint density at radius 1 is 0.111 bits per heavy atom. The van der Waals surface area contributed by atoms with Gasteiger partial charge in [0, 0.05) is 49.4 Å². The van der Waals surface area contributed by atoms with E-state index in [4.69, 9.17) is 0 Å². The third-order valence-corrected chi connectivity index (χ3v) is 23.8. The molecule has 0 bridgehead atoms. The van der Waals surface area contributed by atoms with Gasteiger partial charge in [0.2, 0.25) is 0 Å². The predicted molar refractivity (Wildman–Crippen MR) is 500 cm³/mol. The lowest BCUT2D eigenvalue weighted by molar-refractivity contribution is 1.18. The van der Waals surface area contributed by atoms with Crippen molar-refractivity contribution >= 4 is 130 Å². The van der Waals surface area contributed by atoms with E-state index in [1.807, 2.05) is 0 Å². The van der Waals surface area contributed by atoms with E-state index in [2.05, 4.69) is 469 Å². The Morgan fingerprint density at radius 3 is 0.684 bits per heavy atom. The average Bonchev–Trinajstić information content (AvgIpc) is 1.58. The zero-order chi connectivity index (χ0) is 77.3. The van der Waals surface area contributed by atoms with Gasteiger partial charge in [0.25, 0.3) is 0 Å². The van der Waals surface area contributed by atoms with Crippen LogP contribution in [-0.4, -0.2) is 13.7 Å². The monoisotopic (exact) mass is 1490 g/mol. The first-order valence-corrected chi connectivity index (χ1v) is 40.3. The van der Waals surface area contributed by atoms with Gasteiger partial charge in [0.15, 0.2) is 0 Å². The summed E-state index contributed by atoms with van der Waals surface area (Å²) in [7, 11) is 0. The van der Waals surface area contributed by atoms with Gasteiger partial charge in [-0.15, -0.1) is 0 Å². The summed E-state index contributed by atoms with van der Waals surface area (Å²) in [5, 5.41) is 23.0. The van der Waals surface area contributed by atoms with Crippen LogP contribution in [0.1, 0.15) is 0 Å². The van der Waals surface area contributed by atoms with E-state index >= 15 is 0 Å². The summed E-state index contributed by atoms with van der Waals surface area (Å²) in [5.41, 5.74) is 25.9. The quantitative estimate of drug-likeness (QED) is 0.137. The maximum Gasteiger partial charge on any atom is 0.0547 e. The summed E-state index contributed by atoms with van der Waals surface area (Å²) in [6.07, 6.45) is 0. The molecule has 21 aromatic carbocycles.